The highest BCUT2D eigenvalue weighted by Gasteiger charge is 2.21. The zero-order valence-corrected chi connectivity index (χ0v) is 9.28. The van der Waals surface area contributed by atoms with Crippen LogP contribution in [0.15, 0.2) is 0 Å². The van der Waals surface area contributed by atoms with E-state index in [0.29, 0.717) is 5.54 Å². The molecule has 0 rings (SSSR count). The van der Waals surface area contributed by atoms with Gasteiger partial charge in [-0.3, -0.25) is 4.90 Å². The standard InChI is InChI=1S/C10H24N2/c1-6-7-10(2,3)12(5)9-8-11-4/h11H,6-9H2,1-5H3. The molecule has 12 heavy (non-hydrogen) atoms. The molecular formula is C10H24N2. The summed E-state index contributed by atoms with van der Waals surface area (Å²) in [5, 5.41) is 3.17. The molecule has 2 nitrogen and oxygen atoms in total. The Hall–Kier alpha value is -0.0800. The Kier molecular flexibility index (Phi) is 5.51. The zero-order valence-electron chi connectivity index (χ0n) is 9.28. The lowest BCUT2D eigenvalue weighted by Gasteiger charge is -2.35. The maximum atomic E-state index is 3.17. The second kappa shape index (κ2) is 5.55. The topological polar surface area (TPSA) is 15.3 Å². The van der Waals surface area contributed by atoms with E-state index in [0.717, 1.165) is 13.1 Å². The van der Waals surface area contributed by atoms with Crippen LogP contribution >= 0.6 is 0 Å². The van der Waals surface area contributed by atoms with Crippen LogP contribution in [0.2, 0.25) is 0 Å². The van der Waals surface area contributed by atoms with Crippen molar-refractivity contribution in [3.63, 3.8) is 0 Å². The first kappa shape index (κ1) is 11.9. The highest BCUT2D eigenvalue weighted by Crippen LogP contribution is 2.17. The fourth-order valence-electron chi connectivity index (χ4n) is 1.38. The van der Waals surface area contributed by atoms with Crippen molar-refractivity contribution < 1.29 is 0 Å². The van der Waals surface area contributed by atoms with E-state index in [2.05, 4.69) is 38.0 Å². The third-order valence-corrected chi connectivity index (χ3v) is 2.59. The number of hydrogen-bond acceptors (Lipinski definition) is 2. The summed E-state index contributed by atoms with van der Waals surface area (Å²) in [7, 11) is 4.20. The maximum absolute atomic E-state index is 3.17. The van der Waals surface area contributed by atoms with E-state index in [1.807, 2.05) is 7.05 Å². The van der Waals surface area contributed by atoms with Gasteiger partial charge in [0.25, 0.3) is 0 Å². The highest BCUT2D eigenvalue weighted by molar-refractivity contribution is 4.78. The third kappa shape index (κ3) is 4.07. The molecule has 2 heteroatoms. The molecule has 0 aromatic carbocycles. The van der Waals surface area contributed by atoms with E-state index in [9.17, 15) is 0 Å². The SMILES string of the molecule is CCCC(C)(C)N(C)CCNC. The van der Waals surface area contributed by atoms with Crippen LogP contribution in [0.5, 0.6) is 0 Å². The first-order valence-electron chi connectivity index (χ1n) is 4.90. The molecule has 74 valence electrons. The molecule has 0 fully saturated rings. The molecule has 0 amide bonds. The second-order valence-corrected chi connectivity index (χ2v) is 4.09. The Morgan fingerprint density at radius 2 is 1.92 bits per heavy atom. The summed E-state index contributed by atoms with van der Waals surface area (Å²) in [4.78, 5) is 2.42. The number of nitrogens with one attached hydrogen (secondary N) is 1. The molecule has 0 radical (unpaired) electrons. The van der Waals surface area contributed by atoms with Crippen LogP contribution in [0.1, 0.15) is 33.6 Å². The number of hydrogen-bond donors (Lipinski definition) is 1. The zero-order chi connectivity index (χ0) is 9.61. The van der Waals surface area contributed by atoms with Crippen molar-refractivity contribution in [2.45, 2.75) is 39.2 Å². The van der Waals surface area contributed by atoms with Gasteiger partial charge in [-0.1, -0.05) is 13.3 Å². The van der Waals surface area contributed by atoms with E-state index >= 15 is 0 Å². The van der Waals surface area contributed by atoms with E-state index in [1.165, 1.54) is 12.8 Å². The van der Waals surface area contributed by atoms with Crippen molar-refractivity contribution in [3.8, 4) is 0 Å². The van der Waals surface area contributed by atoms with Gasteiger partial charge < -0.3 is 5.32 Å². The van der Waals surface area contributed by atoms with E-state index in [-0.39, 0.29) is 0 Å². The summed E-state index contributed by atoms with van der Waals surface area (Å²) in [5.74, 6) is 0. The minimum atomic E-state index is 0.353. The fourth-order valence-corrected chi connectivity index (χ4v) is 1.38. The van der Waals surface area contributed by atoms with Crippen LogP contribution in [-0.2, 0) is 0 Å². The molecule has 0 saturated carbocycles. The molecule has 0 aromatic rings. The highest BCUT2D eigenvalue weighted by atomic mass is 15.2. The lowest BCUT2D eigenvalue weighted by atomic mass is 9.97. The Morgan fingerprint density at radius 1 is 1.33 bits per heavy atom. The monoisotopic (exact) mass is 172 g/mol. The third-order valence-electron chi connectivity index (χ3n) is 2.59. The largest absolute Gasteiger partial charge is 0.318 e. The average Bonchev–Trinajstić information content (AvgIpc) is 2.00. The molecule has 1 N–H and O–H groups in total. The quantitative estimate of drug-likeness (QED) is 0.656. The first-order chi connectivity index (χ1) is 5.54. The molecule has 0 saturated heterocycles. The van der Waals surface area contributed by atoms with Gasteiger partial charge in [0.1, 0.15) is 0 Å². The normalized spacial score (nSPS) is 12.5. The van der Waals surface area contributed by atoms with Crippen LogP contribution in [0.25, 0.3) is 0 Å². The van der Waals surface area contributed by atoms with Crippen molar-refractivity contribution in [1.29, 1.82) is 0 Å². The lowest BCUT2D eigenvalue weighted by Crippen LogP contribution is -2.43. The minimum Gasteiger partial charge on any atom is -0.318 e. The Morgan fingerprint density at radius 3 is 2.33 bits per heavy atom. The number of nitrogens with zero attached hydrogens (tertiary/aromatic N) is 1. The van der Waals surface area contributed by atoms with Gasteiger partial charge in [-0.15, -0.1) is 0 Å². The summed E-state index contributed by atoms with van der Waals surface area (Å²) in [6, 6.07) is 0. The summed E-state index contributed by atoms with van der Waals surface area (Å²) >= 11 is 0. The number of rotatable bonds is 6. The summed E-state index contributed by atoms with van der Waals surface area (Å²) < 4.78 is 0. The van der Waals surface area contributed by atoms with Gasteiger partial charge >= 0.3 is 0 Å². The Labute approximate surface area is 77.3 Å². The summed E-state index contributed by atoms with van der Waals surface area (Å²) in [5.41, 5.74) is 0.353. The predicted molar refractivity (Wildman–Crippen MR) is 55.5 cm³/mol. The van der Waals surface area contributed by atoms with Crippen molar-refractivity contribution >= 4 is 0 Å². The van der Waals surface area contributed by atoms with Crippen LogP contribution in [0.3, 0.4) is 0 Å². The molecule has 0 aliphatic carbocycles. The van der Waals surface area contributed by atoms with E-state index in [4.69, 9.17) is 0 Å². The van der Waals surface area contributed by atoms with Crippen LogP contribution in [-0.4, -0.2) is 37.6 Å². The molecule has 0 heterocycles. The molecule has 0 aliphatic rings. The van der Waals surface area contributed by atoms with Crippen molar-refractivity contribution in [2.24, 2.45) is 0 Å². The van der Waals surface area contributed by atoms with Gasteiger partial charge in [0.15, 0.2) is 0 Å². The lowest BCUT2D eigenvalue weighted by molar-refractivity contribution is 0.146. The second-order valence-electron chi connectivity index (χ2n) is 4.09. The van der Waals surface area contributed by atoms with Crippen LogP contribution in [0.4, 0.5) is 0 Å². The molecule has 0 unspecified atom stereocenters. The van der Waals surface area contributed by atoms with Crippen molar-refractivity contribution in [2.75, 3.05) is 27.2 Å². The van der Waals surface area contributed by atoms with Gasteiger partial charge in [-0.2, -0.15) is 0 Å². The first-order valence-corrected chi connectivity index (χ1v) is 4.90. The van der Waals surface area contributed by atoms with Gasteiger partial charge in [-0.25, -0.2) is 0 Å². The van der Waals surface area contributed by atoms with Gasteiger partial charge in [-0.05, 0) is 34.4 Å². The molecule has 0 atom stereocenters. The predicted octanol–water partition coefficient (Wildman–Crippen LogP) is 1.72. The van der Waals surface area contributed by atoms with Gasteiger partial charge in [0.2, 0.25) is 0 Å². The van der Waals surface area contributed by atoms with Gasteiger partial charge in [0, 0.05) is 18.6 Å². The van der Waals surface area contributed by atoms with Crippen LogP contribution < -0.4 is 5.32 Å². The fraction of sp³-hybridized carbons (Fsp3) is 1.00. The number of likely N-dealkylation sites (N-methyl/N-ethyl adjacent to an activating group) is 2. The van der Waals surface area contributed by atoms with Crippen molar-refractivity contribution in [1.82, 2.24) is 10.2 Å². The van der Waals surface area contributed by atoms with Crippen molar-refractivity contribution in [3.05, 3.63) is 0 Å². The molecular weight excluding hydrogens is 148 g/mol. The van der Waals surface area contributed by atoms with Gasteiger partial charge in [0.05, 0.1) is 0 Å². The maximum Gasteiger partial charge on any atom is 0.0150 e. The van der Waals surface area contributed by atoms with E-state index in [1.54, 1.807) is 0 Å². The smallest absolute Gasteiger partial charge is 0.0150 e. The summed E-state index contributed by atoms with van der Waals surface area (Å²) in [6.07, 6.45) is 2.53. The minimum absolute atomic E-state index is 0.353. The Bertz CT molecular complexity index is 110. The van der Waals surface area contributed by atoms with E-state index < -0.39 is 0 Å². The molecule has 0 bridgehead atoms. The molecule has 0 aliphatic heterocycles. The Balaban J connectivity index is 3.79. The average molecular weight is 172 g/mol. The molecule has 0 aromatic heterocycles. The molecule has 0 spiro atoms. The van der Waals surface area contributed by atoms with Crippen LogP contribution in [0, 0.1) is 0 Å². The summed E-state index contributed by atoms with van der Waals surface area (Å²) in [6.45, 7) is 9.07.